The Morgan fingerprint density at radius 3 is 2.36 bits per heavy atom. The van der Waals surface area contributed by atoms with Gasteiger partial charge in [-0.1, -0.05) is 20.3 Å². The van der Waals surface area contributed by atoms with Gasteiger partial charge in [-0.25, -0.2) is 0 Å². The molecule has 0 saturated carbocycles. The van der Waals surface area contributed by atoms with Crippen LogP contribution in [0, 0.1) is 5.92 Å². The second-order valence-electron chi connectivity index (χ2n) is 5.85. The van der Waals surface area contributed by atoms with Crippen LogP contribution in [-0.4, -0.2) is 45.3 Å². The van der Waals surface area contributed by atoms with Crippen LogP contribution in [-0.2, 0) is 0 Å². The van der Waals surface area contributed by atoms with Gasteiger partial charge in [0.2, 0.25) is 0 Å². The quantitative estimate of drug-likeness (QED) is 0.831. The summed E-state index contributed by atoms with van der Waals surface area (Å²) in [4.78, 5) is 2.57. The first kappa shape index (κ1) is 17.6. The molecule has 1 heterocycles. The molecule has 1 aromatic carbocycles. The van der Waals surface area contributed by atoms with Gasteiger partial charge in [0.25, 0.3) is 0 Å². The lowest BCUT2D eigenvalue weighted by molar-refractivity contribution is 0.126. The summed E-state index contributed by atoms with van der Waals surface area (Å²) >= 11 is 3.55. The number of hydrogen-bond acceptors (Lipinski definition) is 4. The van der Waals surface area contributed by atoms with Crippen LogP contribution in [0.2, 0.25) is 0 Å². The normalized spacial score (nSPS) is 18.8. The molecule has 0 amide bonds. The van der Waals surface area contributed by atoms with Crippen LogP contribution in [0.4, 0.5) is 0 Å². The van der Waals surface area contributed by atoms with Gasteiger partial charge in [-0.2, -0.15) is 0 Å². The predicted molar refractivity (Wildman–Crippen MR) is 93.9 cm³/mol. The van der Waals surface area contributed by atoms with Crippen LogP contribution in [0.25, 0.3) is 0 Å². The maximum atomic E-state index is 5.66. The maximum Gasteiger partial charge on any atom is 0.133 e. The van der Waals surface area contributed by atoms with E-state index in [0.29, 0.717) is 12.0 Å². The number of piperazine rings is 1. The van der Waals surface area contributed by atoms with E-state index < -0.39 is 0 Å². The van der Waals surface area contributed by atoms with Crippen molar-refractivity contribution in [3.63, 3.8) is 0 Å². The first-order valence-corrected chi connectivity index (χ1v) is 8.77. The molecular formula is C17H27BrN2O2. The molecule has 2 rings (SSSR count). The molecule has 0 aromatic heterocycles. The van der Waals surface area contributed by atoms with Gasteiger partial charge in [0, 0.05) is 37.8 Å². The zero-order valence-electron chi connectivity index (χ0n) is 14.0. The minimum Gasteiger partial charge on any atom is -0.496 e. The minimum atomic E-state index is 0.351. The molecule has 22 heavy (non-hydrogen) atoms. The van der Waals surface area contributed by atoms with Gasteiger partial charge in [0.1, 0.15) is 11.5 Å². The lowest BCUT2D eigenvalue weighted by atomic mass is 9.89. The van der Waals surface area contributed by atoms with Crippen LogP contribution in [0.3, 0.4) is 0 Å². The fraction of sp³-hybridized carbons (Fsp3) is 0.647. The topological polar surface area (TPSA) is 33.7 Å². The molecule has 124 valence electrons. The maximum absolute atomic E-state index is 5.66. The molecule has 1 saturated heterocycles. The zero-order valence-corrected chi connectivity index (χ0v) is 15.6. The summed E-state index contributed by atoms with van der Waals surface area (Å²) in [5.74, 6) is 2.34. The Morgan fingerprint density at radius 1 is 1.18 bits per heavy atom. The van der Waals surface area contributed by atoms with Crippen molar-refractivity contribution in [2.75, 3.05) is 40.4 Å². The third kappa shape index (κ3) is 3.76. The number of halogens is 1. The van der Waals surface area contributed by atoms with Crippen molar-refractivity contribution in [1.82, 2.24) is 10.2 Å². The number of hydrogen-bond donors (Lipinski definition) is 1. The highest BCUT2D eigenvalue weighted by Gasteiger charge is 2.29. The average molecular weight is 371 g/mol. The summed E-state index contributed by atoms with van der Waals surface area (Å²) in [5, 5.41) is 3.43. The Balaban J connectivity index is 2.45. The van der Waals surface area contributed by atoms with E-state index in [4.69, 9.17) is 9.47 Å². The highest BCUT2D eigenvalue weighted by Crippen LogP contribution is 2.41. The summed E-state index contributed by atoms with van der Waals surface area (Å²) in [7, 11) is 3.45. The fourth-order valence-corrected chi connectivity index (χ4v) is 3.65. The molecule has 0 spiro atoms. The van der Waals surface area contributed by atoms with Crippen LogP contribution in [0.1, 0.15) is 31.9 Å². The van der Waals surface area contributed by atoms with E-state index in [1.807, 2.05) is 6.07 Å². The predicted octanol–water partition coefficient (Wildman–Crippen LogP) is 3.46. The van der Waals surface area contributed by atoms with Crippen molar-refractivity contribution in [3.8, 4) is 11.5 Å². The van der Waals surface area contributed by atoms with Gasteiger partial charge in [-0.05, 0) is 34.0 Å². The van der Waals surface area contributed by atoms with E-state index in [1.165, 1.54) is 5.56 Å². The van der Waals surface area contributed by atoms with Gasteiger partial charge < -0.3 is 14.8 Å². The summed E-state index contributed by atoms with van der Waals surface area (Å²) < 4.78 is 12.1. The Bertz CT molecular complexity index is 490. The first-order valence-electron chi connectivity index (χ1n) is 7.98. The van der Waals surface area contributed by atoms with E-state index >= 15 is 0 Å². The Labute approximate surface area is 142 Å². The number of nitrogens with zero attached hydrogens (tertiary/aromatic N) is 1. The third-order valence-electron chi connectivity index (χ3n) is 4.55. The largest absolute Gasteiger partial charge is 0.496 e. The molecule has 1 aliphatic heterocycles. The highest BCUT2D eigenvalue weighted by molar-refractivity contribution is 9.10. The molecule has 0 bridgehead atoms. The Kier molecular flexibility index (Phi) is 6.53. The van der Waals surface area contributed by atoms with Crippen LogP contribution in [0.15, 0.2) is 16.6 Å². The molecule has 0 radical (unpaired) electrons. The molecule has 5 heteroatoms. The summed E-state index contributed by atoms with van der Waals surface area (Å²) in [5.41, 5.74) is 1.22. The molecule has 1 fully saturated rings. The van der Waals surface area contributed by atoms with E-state index in [1.54, 1.807) is 14.2 Å². The second kappa shape index (κ2) is 8.18. The monoisotopic (exact) mass is 370 g/mol. The minimum absolute atomic E-state index is 0.351. The lowest BCUT2D eigenvalue weighted by Crippen LogP contribution is -2.46. The van der Waals surface area contributed by atoms with Gasteiger partial charge in [0.05, 0.1) is 18.7 Å². The smallest absolute Gasteiger partial charge is 0.133 e. The Hall–Kier alpha value is -0.780. The summed E-state index contributed by atoms with van der Waals surface area (Å²) in [6.07, 6.45) is 1.14. The van der Waals surface area contributed by atoms with Gasteiger partial charge in [-0.3, -0.25) is 4.90 Å². The van der Waals surface area contributed by atoms with Crippen LogP contribution < -0.4 is 14.8 Å². The number of ether oxygens (including phenoxy) is 2. The highest BCUT2D eigenvalue weighted by atomic mass is 79.9. The van der Waals surface area contributed by atoms with Crippen molar-refractivity contribution in [1.29, 1.82) is 0 Å². The number of nitrogens with one attached hydrogen (secondary N) is 1. The molecule has 1 aliphatic rings. The Morgan fingerprint density at radius 2 is 1.82 bits per heavy atom. The second-order valence-corrected chi connectivity index (χ2v) is 6.70. The number of benzene rings is 1. The number of methoxy groups -OCH3 is 2. The van der Waals surface area contributed by atoms with Gasteiger partial charge in [-0.15, -0.1) is 0 Å². The number of rotatable bonds is 6. The average Bonchev–Trinajstić information content (AvgIpc) is 2.56. The fourth-order valence-electron chi connectivity index (χ4n) is 3.16. The van der Waals surface area contributed by atoms with Crippen molar-refractivity contribution in [3.05, 3.63) is 22.2 Å². The van der Waals surface area contributed by atoms with Crippen molar-refractivity contribution in [2.24, 2.45) is 5.92 Å². The molecule has 1 unspecified atom stereocenters. The lowest BCUT2D eigenvalue weighted by Gasteiger charge is -2.39. The molecule has 1 N–H and O–H groups in total. The van der Waals surface area contributed by atoms with Crippen LogP contribution in [0.5, 0.6) is 11.5 Å². The van der Waals surface area contributed by atoms with Gasteiger partial charge in [0.15, 0.2) is 0 Å². The van der Waals surface area contributed by atoms with Crippen molar-refractivity contribution >= 4 is 15.9 Å². The standard InChI is InChI=1S/C17H27BrN2O2/c1-5-12(2)17(20-8-6-19-7-9-20)13-10-16(22-4)14(18)11-15(13)21-3/h10-12,17,19H,5-9H2,1-4H3/t12?,17-/m1/s1. The molecular weight excluding hydrogens is 344 g/mol. The first-order chi connectivity index (χ1) is 10.6. The van der Waals surface area contributed by atoms with E-state index in [0.717, 1.165) is 48.6 Å². The third-order valence-corrected chi connectivity index (χ3v) is 5.17. The molecule has 0 aliphatic carbocycles. The van der Waals surface area contributed by atoms with E-state index in [2.05, 4.69) is 46.1 Å². The van der Waals surface area contributed by atoms with E-state index in [-0.39, 0.29) is 0 Å². The molecule has 2 atom stereocenters. The zero-order chi connectivity index (χ0) is 16.1. The van der Waals surface area contributed by atoms with Gasteiger partial charge >= 0.3 is 0 Å². The van der Waals surface area contributed by atoms with Crippen molar-refractivity contribution in [2.45, 2.75) is 26.3 Å². The molecule has 4 nitrogen and oxygen atoms in total. The SMILES string of the molecule is CCC(C)[C@H](c1cc(OC)c(Br)cc1OC)N1CCNCC1. The van der Waals surface area contributed by atoms with E-state index in [9.17, 15) is 0 Å². The van der Waals surface area contributed by atoms with Crippen LogP contribution >= 0.6 is 15.9 Å². The summed E-state index contributed by atoms with van der Waals surface area (Å²) in [6, 6.07) is 4.50. The van der Waals surface area contributed by atoms with Crippen molar-refractivity contribution < 1.29 is 9.47 Å². The summed E-state index contributed by atoms with van der Waals surface area (Å²) in [6.45, 7) is 8.79. The molecule has 1 aromatic rings.